The lowest BCUT2D eigenvalue weighted by atomic mass is 10.1. The summed E-state index contributed by atoms with van der Waals surface area (Å²) in [5.41, 5.74) is 0. The van der Waals surface area contributed by atoms with Gasteiger partial charge in [0, 0.05) is 0 Å². The molecule has 6 nitrogen and oxygen atoms in total. The third-order valence-corrected chi connectivity index (χ3v) is 5.41. The maximum Gasteiger partial charge on any atom is 0.265 e. The Bertz CT molecular complexity index is 437. The smallest absolute Gasteiger partial charge is 0.265 e. The summed E-state index contributed by atoms with van der Waals surface area (Å²) >= 11 is 0. The molecule has 1 fully saturated rings. The molecule has 7 heteroatoms. The van der Waals surface area contributed by atoms with Crippen LogP contribution in [-0.4, -0.2) is 30.5 Å². The van der Waals surface area contributed by atoms with Crippen molar-refractivity contribution in [1.82, 2.24) is 0 Å². The molecule has 3 atom stereocenters. The van der Waals surface area contributed by atoms with Gasteiger partial charge in [-0.25, -0.2) is 0 Å². The van der Waals surface area contributed by atoms with Gasteiger partial charge < -0.3 is 23.8 Å². The molecule has 0 bridgehead atoms. The predicted octanol–water partition coefficient (Wildman–Crippen LogP) is 5.24. The summed E-state index contributed by atoms with van der Waals surface area (Å²) in [6, 6.07) is 0. The lowest BCUT2D eigenvalue weighted by molar-refractivity contribution is -0.222. The molecule has 0 spiro atoms. The third-order valence-electron chi connectivity index (χ3n) is 4.94. The van der Waals surface area contributed by atoms with Gasteiger partial charge in [0.2, 0.25) is 0 Å². The van der Waals surface area contributed by atoms with E-state index in [0.29, 0.717) is 6.61 Å². The van der Waals surface area contributed by atoms with Crippen LogP contribution in [0, 0.1) is 0 Å². The Morgan fingerprint density at radius 1 is 1.00 bits per heavy atom. The van der Waals surface area contributed by atoms with Crippen molar-refractivity contribution < 1.29 is 28.3 Å². The van der Waals surface area contributed by atoms with Crippen molar-refractivity contribution in [1.29, 1.82) is 0 Å². The molecule has 0 saturated carbocycles. The van der Waals surface area contributed by atoms with Crippen LogP contribution in [0.5, 0.6) is 0 Å². The summed E-state index contributed by atoms with van der Waals surface area (Å²) in [7, 11) is -4.68. The van der Waals surface area contributed by atoms with Gasteiger partial charge in [0.15, 0.2) is 6.29 Å². The second-order valence-electron chi connectivity index (χ2n) is 7.66. The number of unbranched alkanes of at least 4 members (excludes halogenated alkanes) is 11. The molecule has 1 heterocycles. The summed E-state index contributed by atoms with van der Waals surface area (Å²) in [5, 5.41) is 0. The highest BCUT2D eigenvalue weighted by Crippen LogP contribution is 2.31. The van der Waals surface area contributed by atoms with Crippen molar-refractivity contribution in [2.45, 2.75) is 109 Å². The van der Waals surface area contributed by atoms with Gasteiger partial charge in [0.1, 0.15) is 6.10 Å². The highest BCUT2D eigenvalue weighted by atomic mass is 31.2. The lowest BCUT2D eigenvalue weighted by Gasteiger charge is -2.17. The lowest BCUT2D eigenvalue weighted by Crippen LogP contribution is -2.20. The Hall–Kier alpha value is -0.230. The molecule has 1 unspecified atom stereocenters. The zero-order valence-electron chi connectivity index (χ0n) is 17.6. The first kappa shape index (κ1) is 25.8. The van der Waals surface area contributed by atoms with E-state index in [1.165, 1.54) is 70.6 Å². The zero-order valence-corrected chi connectivity index (χ0v) is 18.5. The summed E-state index contributed by atoms with van der Waals surface area (Å²) in [5.74, 6) is 0. The van der Waals surface area contributed by atoms with Crippen molar-refractivity contribution >= 4 is 7.82 Å². The van der Waals surface area contributed by atoms with Gasteiger partial charge in [0.05, 0.1) is 13.2 Å². The van der Waals surface area contributed by atoms with Crippen LogP contribution in [0.15, 0.2) is 12.2 Å². The molecule has 0 radical (unpaired) electrons. The minimum absolute atomic E-state index is 0.194. The zero-order chi connectivity index (χ0) is 20.5. The first-order valence-corrected chi connectivity index (χ1v) is 12.6. The van der Waals surface area contributed by atoms with Crippen molar-refractivity contribution in [2.24, 2.45) is 0 Å². The van der Waals surface area contributed by atoms with E-state index in [-0.39, 0.29) is 12.9 Å². The van der Waals surface area contributed by atoms with E-state index >= 15 is 0 Å². The molecule has 1 rings (SSSR count). The van der Waals surface area contributed by atoms with Crippen molar-refractivity contribution in [3.8, 4) is 0 Å². The summed E-state index contributed by atoms with van der Waals surface area (Å²) < 4.78 is 25.9. The van der Waals surface area contributed by atoms with Crippen molar-refractivity contribution in [2.75, 3.05) is 13.2 Å². The van der Waals surface area contributed by atoms with Gasteiger partial charge in [0.25, 0.3) is 7.82 Å². The Morgan fingerprint density at radius 2 is 1.57 bits per heavy atom. The van der Waals surface area contributed by atoms with Crippen molar-refractivity contribution in [3.05, 3.63) is 12.2 Å². The van der Waals surface area contributed by atoms with Gasteiger partial charge in [-0.1, -0.05) is 70.4 Å². The SMILES string of the molecule is CCCCCCCC/C=C\CCCCCCC[C@H]1OC[C@H](COP(=O)([O-])O)O1. The Kier molecular flexibility index (Phi) is 15.3. The topological polar surface area (TPSA) is 88.1 Å². The van der Waals surface area contributed by atoms with E-state index in [4.69, 9.17) is 14.4 Å². The minimum atomic E-state index is -4.68. The highest BCUT2D eigenvalue weighted by molar-refractivity contribution is 7.44. The molecule has 0 aromatic carbocycles. The van der Waals surface area contributed by atoms with Crippen molar-refractivity contribution in [3.63, 3.8) is 0 Å². The van der Waals surface area contributed by atoms with Crippen LogP contribution in [0.25, 0.3) is 0 Å². The Balaban J connectivity index is 1.83. The first-order valence-electron chi connectivity index (χ1n) is 11.1. The largest absolute Gasteiger partial charge is 0.756 e. The van der Waals surface area contributed by atoms with E-state index in [1.807, 2.05) is 0 Å². The van der Waals surface area contributed by atoms with E-state index < -0.39 is 13.9 Å². The summed E-state index contributed by atoms with van der Waals surface area (Å²) in [4.78, 5) is 19.1. The molecule has 1 saturated heterocycles. The number of phosphoric ester groups is 1. The normalized spacial score (nSPS) is 22.1. The van der Waals surface area contributed by atoms with Crippen LogP contribution < -0.4 is 4.89 Å². The Labute approximate surface area is 171 Å². The van der Waals surface area contributed by atoms with Gasteiger partial charge in [-0.2, -0.15) is 0 Å². The number of phosphoric acid groups is 1. The number of ether oxygens (including phenoxy) is 2. The number of rotatable bonds is 18. The standard InChI is InChI=1S/C21H41O6P/c1-2-3-4-5-6-7-8-9-10-11-12-13-14-15-16-17-21-25-18-20(27-21)19-26-28(22,23)24/h9-10,20-21H,2-8,11-19H2,1H3,(H2,22,23,24)/p-1/b10-9-/t20-,21+/m1/s1. The molecule has 1 aliphatic rings. The first-order chi connectivity index (χ1) is 13.5. The number of allylic oxidation sites excluding steroid dienone is 2. The second kappa shape index (κ2) is 16.6. The van der Waals surface area contributed by atoms with E-state index in [0.717, 1.165) is 19.3 Å². The van der Waals surface area contributed by atoms with E-state index in [9.17, 15) is 9.46 Å². The summed E-state index contributed by atoms with van der Waals surface area (Å²) in [6.07, 6.45) is 21.2. The molecule has 0 aromatic heterocycles. The fraction of sp³-hybridized carbons (Fsp3) is 0.905. The van der Waals surface area contributed by atoms with Gasteiger partial charge in [-0.05, 0) is 38.5 Å². The average molecular weight is 420 g/mol. The van der Waals surface area contributed by atoms with Gasteiger partial charge in [-0.3, -0.25) is 4.57 Å². The predicted molar refractivity (Wildman–Crippen MR) is 110 cm³/mol. The van der Waals surface area contributed by atoms with E-state index in [2.05, 4.69) is 23.6 Å². The van der Waals surface area contributed by atoms with Gasteiger partial charge in [-0.15, -0.1) is 0 Å². The highest BCUT2D eigenvalue weighted by Gasteiger charge is 2.26. The molecule has 166 valence electrons. The fourth-order valence-corrected chi connectivity index (χ4v) is 3.66. The summed E-state index contributed by atoms with van der Waals surface area (Å²) in [6.45, 7) is 2.36. The molecule has 1 aliphatic heterocycles. The maximum atomic E-state index is 10.6. The molecule has 1 N–H and O–H groups in total. The molecule has 0 aliphatic carbocycles. The fourth-order valence-electron chi connectivity index (χ4n) is 3.31. The van der Waals surface area contributed by atoms with E-state index in [1.54, 1.807) is 0 Å². The van der Waals surface area contributed by atoms with Crippen LogP contribution in [0.1, 0.15) is 96.8 Å². The molecule has 0 amide bonds. The third kappa shape index (κ3) is 15.7. The van der Waals surface area contributed by atoms with Crippen LogP contribution >= 0.6 is 7.82 Å². The van der Waals surface area contributed by atoms with Crippen LogP contribution in [0.4, 0.5) is 0 Å². The molecular weight excluding hydrogens is 379 g/mol. The monoisotopic (exact) mass is 419 g/mol. The minimum Gasteiger partial charge on any atom is -0.756 e. The average Bonchev–Trinajstić information content (AvgIpc) is 3.10. The quantitative estimate of drug-likeness (QED) is 0.186. The molecule has 0 aromatic rings. The van der Waals surface area contributed by atoms with Crippen LogP contribution in [0.2, 0.25) is 0 Å². The number of hydrogen-bond donors (Lipinski definition) is 1. The van der Waals surface area contributed by atoms with Crippen LogP contribution in [-0.2, 0) is 18.6 Å². The molecule has 28 heavy (non-hydrogen) atoms. The van der Waals surface area contributed by atoms with Gasteiger partial charge >= 0.3 is 0 Å². The maximum absolute atomic E-state index is 10.6. The number of hydrogen-bond acceptors (Lipinski definition) is 5. The molecular formula is C21H40O6P-. The second-order valence-corrected chi connectivity index (χ2v) is 8.85. The van der Waals surface area contributed by atoms with Crippen LogP contribution in [0.3, 0.4) is 0 Å². The Morgan fingerprint density at radius 3 is 2.18 bits per heavy atom.